The monoisotopic (exact) mass is 687 g/mol. The number of benzene rings is 10. The van der Waals surface area contributed by atoms with Gasteiger partial charge in [-0.1, -0.05) is 152 Å². The van der Waals surface area contributed by atoms with Crippen molar-refractivity contribution in [3.63, 3.8) is 0 Å². The minimum atomic E-state index is 0.895. The number of hydrogen-bond acceptors (Lipinski definition) is 2. The summed E-state index contributed by atoms with van der Waals surface area (Å²) in [4.78, 5) is 2.41. The fourth-order valence-corrected chi connectivity index (χ4v) is 8.42. The van der Waals surface area contributed by atoms with Crippen LogP contribution >= 0.6 is 0 Å². The lowest BCUT2D eigenvalue weighted by Gasteiger charge is -2.28. The van der Waals surface area contributed by atoms with E-state index in [1.54, 1.807) is 0 Å². The summed E-state index contributed by atoms with van der Waals surface area (Å²) in [5.74, 6) is 0. The van der Waals surface area contributed by atoms with E-state index in [0.29, 0.717) is 0 Å². The van der Waals surface area contributed by atoms with Gasteiger partial charge in [0.15, 0.2) is 0 Å². The number of rotatable bonds is 5. The third kappa shape index (κ3) is 4.88. The summed E-state index contributed by atoms with van der Waals surface area (Å²) in [5.41, 5.74) is 9.82. The fourth-order valence-electron chi connectivity index (χ4n) is 8.42. The van der Waals surface area contributed by atoms with Crippen molar-refractivity contribution in [2.24, 2.45) is 0 Å². The highest BCUT2D eigenvalue weighted by molar-refractivity contribution is 6.19. The van der Waals surface area contributed by atoms with Crippen molar-refractivity contribution >= 4 is 82.1 Å². The lowest BCUT2D eigenvalue weighted by molar-refractivity contribution is 0.673. The topological polar surface area (TPSA) is 16.4 Å². The van der Waals surface area contributed by atoms with Gasteiger partial charge in [0.2, 0.25) is 0 Å². The summed E-state index contributed by atoms with van der Waals surface area (Å²) < 4.78 is 6.59. The normalized spacial score (nSPS) is 11.7. The van der Waals surface area contributed by atoms with Crippen LogP contribution in [0.5, 0.6) is 0 Å². The number of furan rings is 1. The molecule has 0 N–H and O–H groups in total. The highest BCUT2D eigenvalue weighted by Gasteiger charge is 2.19. The molecule has 0 atom stereocenters. The average Bonchev–Trinajstić information content (AvgIpc) is 3.64. The quantitative estimate of drug-likeness (QED) is 0.168. The van der Waals surface area contributed by atoms with E-state index in [0.717, 1.165) is 55.5 Å². The first kappa shape index (κ1) is 30.5. The summed E-state index contributed by atoms with van der Waals surface area (Å²) in [6.07, 6.45) is 0. The molecule has 2 heteroatoms. The van der Waals surface area contributed by atoms with Crippen molar-refractivity contribution in [1.82, 2.24) is 0 Å². The van der Waals surface area contributed by atoms with E-state index in [2.05, 4.69) is 205 Å². The molecule has 0 bridgehead atoms. The third-order valence-corrected chi connectivity index (χ3v) is 11.0. The molecule has 0 saturated carbocycles. The molecule has 1 aromatic heterocycles. The van der Waals surface area contributed by atoms with Gasteiger partial charge in [-0.2, -0.15) is 0 Å². The predicted molar refractivity (Wildman–Crippen MR) is 229 cm³/mol. The Morgan fingerprint density at radius 1 is 0.333 bits per heavy atom. The maximum atomic E-state index is 6.59. The molecule has 0 radical (unpaired) electrons. The van der Waals surface area contributed by atoms with Crippen molar-refractivity contribution in [3.05, 3.63) is 200 Å². The van der Waals surface area contributed by atoms with Crippen LogP contribution in [0.25, 0.3) is 87.3 Å². The zero-order valence-electron chi connectivity index (χ0n) is 29.4. The number of hydrogen-bond donors (Lipinski definition) is 0. The Morgan fingerprint density at radius 3 is 1.83 bits per heavy atom. The molecule has 11 aromatic rings. The van der Waals surface area contributed by atoms with E-state index in [1.165, 1.54) is 48.8 Å². The Morgan fingerprint density at radius 2 is 0.981 bits per heavy atom. The second-order valence-corrected chi connectivity index (χ2v) is 14.1. The van der Waals surface area contributed by atoms with Crippen LogP contribution in [0, 0.1) is 0 Å². The van der Waals surface area contributed by atoms with E-state index in [-0.39, 0.29) is 0 Å². The van der Waals surface area contributed by atoms with E-state index in [9.17, 15) is 0 Å². The minimum Gasteiger partial charge on any atom is -0.455 e. The van der Waals surface area contributed by atoms with Crippen LogP contribution in [0.1, 0.15) is 0 Å². The smallest absolute Gasteiger partial charge is 0.143 e. The van der Waals surface area contributed by atoms with Crippen LogP contribution in [0.15, 0.2) is 205 Å². The third-order valence-electron chi connectivity index (χ3n) is 11.0. The molecule has 0 spiro atoms. The molecule has 0 fully saturated rings. The van der Waals surface area contributed by atoms with Gasteiger partial charge < -0.3 is 9.32 Å². The van der Waals surface area contributed by atoms with Crippen LogP contribution in [-0.4, -0.2) is 0 Å². The van der Waals surface area contributed by atoms with Crippen molar-refractivity contribution in [3.8, 4) is 22.3 Å². The van der Waals surface area contributed by atoms with Gasteiger partial charge in [-0.15, -0.1) is 0 Å². The first-order chi connectivity index (χ1) is 26.8. The Kier molecular flexibility index (Phi) is 6.90. The van der Waals surface area contributed by atoms with Crippen LogP contribution in [0.2, 0.25) is 0 Å². The largest absolute Gasteiger partial charge is 0.455 e. The Labute approximate surface area is 312 Å². The maximum Gasteiger partial charge on any atom is 0.143 e. The highest BCUT2D eigenvalue weighted by atomic mass is 16.3. The molecule has 0 saturated heterocycles. The van der Waals surface area contributed by atoms with E-state index >= 15 is 0 Å². The van der Waals surface area contributed by atoms with Crippen LogP contribution in [0.3, 0.4) is 0 Å². The van der Waals surface area contributed by atoms with Gasteiger partial charge in [0.1, 0.15) is 11.2 Å². The standard InChI is InChI=1S/C52H33NO/c1-2-13-38-32-39(23-22-34(38)10-1)35-24-28-41(29-25-35)53(49-20-8-19-46-43-16-5-3-11-36(43)26-30-47(46)49)42-15-7-14-40(33-42)44-18-9-21-50-51(44)48-31-27-37-12-4-6-17-45(37)52(48)54-50/h1-33H. The molecule has 0 aliphatic carbocycles. The lowest BCUT2D eigenvalue weighted by atomic mass is 9.97. The van der Waals surface area contributed by atoms with Gasteiger partial charge in [-0.05, 0) is 103 Å². The van der Waals surface area contributed by atoms with E-state index < -0.39 is 0 Å². The number of nitrogens with zero attached hydrogens (tertiary/aromatic N) is 1. The Bertz CT molecular complexity index is 3230. The molecule has 2 nitrogen and oxygen atoms in total. The fraction of sp³-hybridized carbons (Fsp3) is 0. The predicted octanol–water partition coefficient (Wildman–Crippen LogP) is 15.0. The van der Waals surface area contributed by atoms with Crippen molar-refractivity contribution in [1.29, 1.82) is 0 Å². The lowest BCUT2D eigenvalue weighted by Crippen LogP contribution is -2.10. The van der Waals surface area contributed by atoms with Crippen LogP contribution in [-0.2, 0) is 0 Å². The van der Waals surface area contributed by atoms with Crippen molar-refractivity contribution < 1.29 is 4.42 Å². The molecule has 11 rings (SSSR count). The molecule has 0 aliphatic rings. The van der Waals surface area contributed by atoms with Gasteiger partial charge in [-0.25, -0.2) is 0 Å². The average molecular weight is 688 g/mol. The molecular weight excluding hydrogens is 655 g/mol. The molecule has 252 valence electrons. The second kappa shape index (κ2) is 12.2. The summed E-state index contributed by atoms with van der Waals surface area (Å²) in [6, 6.07) is 72.3. The van der Waals surface area contributed by atoms with Crippen LogP contribution in [0.4, 0.5) is 17.1 Å². The Balaban J connectivity index is 1.10. The highest BCUT2D eigenvalue weighted by Crippen LogP contribution is 2.44. The summed E-state index contributed by atoms with van der Waals surface area (Å²) >= 11 is 0. The SMILES string of the molecule is c1cc(-c2cccc3oc4c5ccccc5ccc4c23)cc(N(c2ccc(-c3ccc4ccccc4c3)cc2)c2cccc3c2ccc2ccccc23)c1. The van der Waals surface area contributed by atoms with Crippen molar-refractivity contribution in [2.75, 3.05) is 4.90 Å². The first-order valence-electron chi connectivity index (χ1n) is 18.5. The molecule has 0 aliphatic heterocycles. The summed E-state index contributed by atoms with van der Waals surface area (Å²) in [5, 5.41) is 12.0. The first-order valence-corrected chi connectivity index (χ1v) is 18.5. The number of fused-ring (bicyclic) bond motifs is 9. The Hall–Kier alpha value is -7.16. The van der Waals surface area contributed by atoms with Crippen LogP contribution < -0.4 is 4.90 Å². The zero-order chi connectivity index (χ0) is 35.6. The van der Waals surface area contributed by atoms with Gasteiger partial charge in [0.25, 0.3) is 0 Å². The van der Waals surface area contributed by atoms with Gasteiger partial charge in [-0.3, -0.25) is 0 Å². The maximum absolute atomic E-state index is 6.59. The molecule has 1 heterocycles. The van der Waals surface area contributed by atoms with Gasteiger partial charge in [0, 0.05) is 32.9 Å². The molecule has 10 aromatic carbocycles. The molecule has 54 heavy (non-hydrogen) atoms. The number of anilines is 3. The molecule has 0 amide bonds. The van der Waals surface area contributed by atoms with Gasteiger partial charge >= 0.3 is 0 Å². The van der Waals surface area contributed by atoms with E-state index in [1.807, 2.05) is 0 Å². The molecular formula is C52H33NO. The van der Waals surface area contributed by atoms with Gasteiger partial charge in [0.05, 0.1) is 5.69 Å². The molecule has 0 unspecified atom stereocenters. The zero-order valence-corrected chi connectivity index (χ0v) is 29.4. The minimum absolute atomic E-state index is 0.895. The summed E-state index contributed by atoms with van der Waals surface area (Å²) in [6.45, 7) is 0. The second-order valence-electron chi connectivity index (χ2n) is 14.1. The van der Waals surface area contributed by atoms with Crippen molar-refractivity contribution in [2.45, 2.75) is 0 Å². The van der Waals surface area contributed by atoms with E-state index in [4.69, 9.17) is 4.42 Å². The summed E-state index contributed by atoms with van der Waals surface area (Å²) in [7, 11) is 0.